The zero-order valence-electron chi connectivity index (χ0n) is 8.99. The number of hydrogen-bond acceptors (Lipinski definition) is 6. The van der Waals surface area contributed by atoms with Crippen LogP contribution in [-0.4, -0.2) is 15.8 Å². The number of primary amides is 1. The van der Waals surface area contributed by atoms with Crippen molar-refractivity contribution in [2.75, 3.05) is 5.73 Å². The molecule has 0 spiro atoms. The number of nitro groups is 1. The summed E-state index contributed by atoms with van der Waals surface area (Å²) in [6, 6.07) is 5.46. The van der Waals surface area contributed by atoms with E-state index in [1.165, 1.54) is 24.3 Å². The Balaban J connectivity index is 2.40. The van der Waals surface area contributed by atoms with Crippen LogP contribution in [0.4, 0.5) is 11.6 Å². The van der Waals surface area contributed by atoms with Crippen LogP contribution >= 0.6 is 0 Å². The Labute approximate surface area is 100 Å². The number of nitro benzene ring substituents is 1. The normalized spacial score (nSPS) is 10.2. The summed E-state index contributed by atoms with van der Waals surface area (Å²) in [5.74, 6) is -0.906. The minimum absolute atomic E-state index is 0.0617. The molecule has 1 aromatic carbocycles. The standard InChI is InChI=1S/C10H8N4O4/c11-8(15)7-9(12)18-10(13-7)5-1-3-6(4-2-5)14(16)17/h1-4H,12H2,(H2,11,15). The predicted molar refractivity (Wildman–Crippen MR) is 61.5 cm³/mol. The number of oxazole rings is 1. The highest BCUT2D eigenvalue weighted by Gasteiger charge is 2.16. The molecule has 0 aliphatic heterocycles. The molecule has 8 nitrogen and oxygen atoms in total. The fourth-order valence-electron chi connectivity index (χ4n) is 1.36. The first-order chi connectivity index (χ1) is 8.49. The maximum atomic E-state index is 10.9. The first-order valence-electron chi connectivity index (χ1n) is 4.80. The van der Waals surface area contributed by atoms with Crippen LogP contribution in [0.3, 0.4) is 0 Å². The van der Waals surface area contributed by atoms with Gasteiger partial charge in [-0.2, -0.15) is 0 Å². The number of nitrogen functional groups attached to an aromatic ring is 1. The molecule has 8 heteroatoms. The number of hydrogen-bond donors (Lipinski definition) is 2. The van der Waals surface area contributed by atoms with Crippen LogP contribution in [0.15, 0.2) is 28.7 Å². The van der Waals surface area contributed by atoms with Gasteiger partial charge in [0.2, 0.25) is 11.8 Å². The number of non-ortho nitro benzene ring substituents is 1. The molecular weight excluding hydrogens is 240 g/mol. The molecule has 0 bridgehead atoms. The lowest BCUT2D eigenvalue weighted by molar-refractivity contribution is -0.384. The SMILES string of the molecule is NC(=O)c1nc(-c2ccc([N+](=O)[O-])cc2)oc1N. The Morgan fingerprint density at radius 3 is 2.39 bits per heavy atom. The van der Waals surface area contributed by atoms with Crippen molar-refractivity contribution in [3.8, 4) is 11.5 Å². The number of benzene rings is 1. The molecule has 0 saturated carbocycles. The number of amides is 1. The number of aromatic nitrogens is 1. The van der Waals surface area contributed by atoms with E-state index in [-0.39, 0.29) is 23.2 Å². The molecule has 0 radical (unpaired) electrons. The van der Waals surface area contributed by atoms with Crippen LogP contribution in [0, 0.1) is 10.1 Å². The molecule has 2 aromatic rings. The van der Waals surface area contributed by atoms with Crippen molar-refractivity contribution in [2.45, 2.75) is 0 Å². The predicted octanol–water partition coefficient (Wildman–Crippen LogP) is 0.931. The first kappa shape index (κ1) is 11.6. The molecule has 4 N–H and O–H groups in total. The van der Waals surface area contributed by atoms with Crippen LogP contribution in [0.5, 0.6) is 0 Å². The first-order valence-corrected chi connectivity index (χ1v) is 4.80. The Hall–Kier alpha value is -2.90. The van der Waals surface area contributed by atoms with Gasteiger partial charge in [-0.05, 0) is 12.1 Å². The minimum Gasteiger partial charge on any atom is -0.420 e. The molecule has 1 heterocycles. The van der Waals surface area contributed by atoms with Crippen LogP contribution in [0.1, 0.15) is 10.5 Å². The molecule has 0 atom stereocenters. The maximum absolute atomic E-state index is 10.9. The summed E-state index contributed by atoms with van der Waals surface area (Å²) in [5.41, 5.74) is 10.7. The van der Waals surface area contributed by atoms with E-state index in [1.54, 1.807) is 0 Å². The summed E-state index contributed by atoms with van der Waals surface area (Å²) in [4.78, 5) is 24.7. The lowest BCUT2D eigenvalue weighted by atomic mass is 10.2. The van der Waals surface area contributed by atoms with E-state index in [0.717, 1.165) is 0 Å². The van der Waals surface area contributed by atoms with Gasteiger partial charge in [-0.1, -0.05) is 0 Å². The quantitative estimate of drug-likeness (QED) is 0.611. The van der Waals surface area contributed by atoms with Gasteiger partial charge in [-0.25, -0.2) is 4.98 Å². The van der Waals surface area contributed by atoms with Gasteiger partial charge in [-0.15, -0.1) is 0 Å². The number of nitrogens with zero attached hydrogens (tertiary/aromatic N) is 2. The van der Waals surface area contributed by atoms with Crippen molar-refractivity contribution in [3.05, 3.63) is 40.1 Å². The number of carbonyl (C=O) groups is 1. The summed E-state index contributed by atoms with van der Waals surface area (Å²) in [6.45, 7) is 0. The highest BCUT2D eigenvalue weighted by Crippen LogP contribution is 2.25. The molecule has 0 unspecified atom stereocenters. The van der Waals surface area contributed by atoms with Gasteiger partial charge in [0.25, 0.3) is 11.6 Å². The maximum Gasteiger partial charge on any atom is 0.273 e. The Kier molecular flexibility index (Phi) is 2.68. The van der Waals surface area contributed by atoms with E-state index in [0.29, 0.717) is 5.56 Å². The van der Waals surface area contributed by atoms with Gasteiger partial charge in [0.15, 0.2) is 5.69 Å². The molecule has 1 amide bonds. The summed E-state index contributed by atoms with van der Waals surface area (Å²) >= 11 is 0. The molecule has 18 heavy (non-hydrogen) atoms. The third-order valence-electron chi connectivity index (χ3n) is 2.21. The van der Waals surface area contributed by atoms with E-state index in [1.807, 2.05) is 0 Å². The van der Waals surface area contributed by atoms with Crippen molar-refractivity contribution in [3.63, 3.8) is 0 Å². The van der Waals surface area contributed by atoms with Crippen LogP contribution in [-0.2, 0) is 0 Å². The zero-order chi connectivity index (χ0) is 13.3. The lowest BCUT2D eigenvalue weighted by Gasteiger charge is -1.94. The van der Waals surface area contributed by atoms with Crippen molar-refractivity contribution in [2.24, 2.45) is 5.73 Å². The van der Waals surface area contributed by atoms with E-state index in [2.05, 4.69) is 4.98 Å². The van der Waals surface area contributed by atoms with Crippen LogP contribution in [0.2, 0.25) is 0 Å². The van der Waals surface area contributed by atoms with Gasteiger partial charge < -0.3 is 15.9 Å². The van der Waals surface area contributed by atoms with Gasteiger partial charge >= 0.3 is 0 Å². The highest BCUT2D eigenvalue weighted by atomic mass is 16.6. The van der Waals surface area contributed by atoms with Gasteiger partial charge in [0, 0.05) is 17.7 Å². The van der Waals surface area contributed by atoms with Gasteiger partial charge in [-0.3, -0.25) is 14.9 Å². The van der Waals surface area contributed by atoms with E-state index >= 15 is 0 Å². The molecule has 0 fully saturated rings. The molecule has 0 aliphatic carbocycles. The summed E-state index contributed by atoms with van der Waals surface area (Å²) in [7, 11) is 0. The molecule has 92 valence electrons. The number of nitrogens with two attached hydrogens (primary N) is 2. The second kappa shape index (κ2) is 4.17. The zero-order valence-corrected chi connectivity index (χ0v) is 8.99. The van der Waals surface area contributed by atoms with Gasteiger partial charge in [0.05, 0.1) is 4.92 Å². The molecular formula is C10H8N4O4. The van der Waals surface area contributed by atoms with Crippen LogP contribution in [0.25, 0.3) is 11.5 Å². The number of anilines is 1. The van der Waals surface area contributed by atoms with Crippen molar-refractivity contribution >= 4 is 17.5 Å². The summed E-state index contributed by atoms with van der Waals surface area (Å²) in [6.07, 6.45) is 0. The average Bonchev–Trinajstić information content (AvgIpc) is 2.71. The third kappa shape index (κ3) is 1.98. The highest BCUT2D eigenvalue weighted by molar-refractivity contribution is 5.95. The third-order valence-corrected chi connectivity index (χ3v) is 2.21. The fraction of sp³-hybridized carbons (Fsp3) is 0. The average molecular weight is 248 g/mol. The number of rotatable bonds is 3. The second-order valence-electron chi connectivity index (χ2n) is 3.40. The van der Waals surface area contributed by atoms with Gasteiger partial charge in [0.1, 0.15) is 0 Å². The second-order valence-corrected chi connectivity index (χ2v) is 3.40. The topological polar surface area (TPSA) is 138 Å². The molecule has 0 saturated heterocycles. The smallest absolute Gasteiger partial charge is 0.273 e. The lowest BCUT2D eigenvalue weighted by Crippen LogP contribution is -2.13. The Morgan fingerprint density at radius 2 is 1.94 bits per heavy atom. The van der Waals surface area contributed by atoms with E-state index in [4.69, 9.17) is 15.9 Å². The summed E-state index contributed by atoms with van der Waals surface area (Å²) in [5, 5.41) is 10.5. The molecule has 1 aromatic heterocycles. The fourth-order valence-corrected chi connectivity index (χ4v) is 1.36. The van der Waals surface area contributed by atoms with Crippen LogP contribution < -0.4 is 11.5 Å². The monoisotopic (exact) mass is 248 g/mol. The number of carbonyl (C=O) groups excluding carboxylic acids is 1. The largest absolute Gasteiger partial charge is 0.420 e. The van der Waals surface area contributed by atoms with Crippen molar-refractivity contribution in [1.82, 2.24) is 4.98 Å². The minimum atomic E-state index is -0.801. The van der Waals surface area contributed by atoms with E-state index in [9.17, 15) is 14.9 Å². The molecule has 0 aliphatic rings. The summed E-state index contributed by atoms with van der Waals surface area (Å²) < 4.78 is 5.06. The van der Waals surface area contributed by atoms with E-state index < -0.39 is 10.8 Å². The Morgan fingerprint density at radius 1 is 1.33 bits per heavy atom. The Bertz CT molecular complexity index is 617. The molecule has 2 rings (SSSR count). The van der Waals surface area contributed by atoms with Crippen molar-refractivity contribution in [1.29, 1.82) is 0 Å². The van der Waals surface area contributed by atoms with Crippen molar-refractivity contribution < 1.29 is 14.1 Å².